The number of nitrogens with zero attached hydrogens (tertiary/aromatic N) is 2. The molecule has 2 aromatic carbocycles. The van der Waals surface area contributed by atoms with Gasteiger partial charge in [-0.2, -0.15) is 0 Å². The monoisotopic (exact) mass is 559 g/mol. The number of aromatic nitrogens is 1. The number of rotatable bonds is 9. The van der Waals surface area contributed by atoms with Gasteiger partial charge in [-0.05, 0) is 48.2 Å². The Morgan fingerprint density at radius 1 is 1.05 bits per heavy atom. The van der Waals surface area contributed by atoms with E-state index in [0.29, 0.717) is 17.9 Å². The van der Waals surface area contributed by atoms with Gasteiger partial charge < -0.3 is 20.0 Å². The van der Waals surface area contributed by atoms with Gasteiger partial charge in [0.2, 0.25) is 5.91 Å². The quantitative estimate of drug-likeness (QED) is 0.291. The summed E-state index contributed by atoms with van der Waals surface area (Å²) < 4.78 is 61.8. The molecule has 210 valence electrons. The van der Waals surface area contributed by atoms with E-state index in [-0.39, 0.29) is 49.2 Å². The van der Waals surface area contributed by atoms with Crippen LogP contribution in [0.1, 0.15) is 35.4 Å². The highest BCUT2D eigenvalue weighted by molar-refractivity contribution is 5.92. The maximum absolute atomic E-state index is 14.8. The summed E-state index contributed by atoms with van der Waals surface area (Å²) in [4.78, 5) is 40.4. The fourth-order valence-corrected chi connectivity index (χ4v) is 4.65. The fraction of sp³-hybridized carbons (Fsp3) is 0.286. The molecule has 0 radical (unpaired) electrons. The molecule has 0 aliphatic carbocycles. The number of nitrogens with one attached hydrogen (secondary N) is 1. The van der Waals surface area contributed by atoms with Crippen LogP contribution in [-0.2, 0) is 20.7 Å². The predicted octanol–water partition coefficient (Wildman–Crippen LogP) is 4.68. The van der Waals surface area contributed by atoms with Crippen molar-refractivity contribution in [3.8, 4) is 0 Å². The van der Waals surface area contributed by atoms with Crippen LogP contribution in [0.25, 0.3) is 0 Å². The van der Waals surface area contributed by atoms with Crippen molar-refractivity contribution in [2.24, 2.45) is 0 Å². The standard InChI is InChI=1S/C28H25F4N3O5/c29-18-3-1-16(2-4-18)24(17-7-19(30)9-20(31)8-17)10-27(37)34-26-12-33-11-25(32)23(26)6-5-22-13-35(28(38)39)21(14-36)15-40-22/h1-4,7-9,11-12,14,21-22,24H,5-6,10,13,15H2,(H,34,37)(H,38,39). The number of pyridine rings is 1. The Morgan fingerprint density at radius 3 is 2.40 bits per heavy atom. The average molecular weight is 560 g/mol. The van der Waals surface area contributed by atoms with Crippen LogP contribution in [0.15, 0.2) is 54.9 Å². The van der Waals surface area contributed by atoms with Crippen molar-refractivity contribution in [3.63, 3.8) is 0 Å². The minimum absolute atomic E-state index is 0.0460. The predicted molar refractivity (Wildman–Crippen MR) is 135 cm³/mol. The molecule has 4 rings (SSSR count). The summed E-state index contributed by atoms with van der Waals surface area (Å²) in [5.74, 6) is -4.39. The zero-order valence-corrected chi connectivity index (χ0v) is 21.0. The minimum atomic E-state index is -1.28. The van der Waals surface area contributed by atoms with E-state index in [4.69, 9.17) is 4.74 Å². The highest BCUT2D eigenvalue weighted by Gasteiger charge is 2.32. The molecule has 1 aromatic heterocycles. The number of ether oxygens (including phenoxy) is 1. The average Bonchev–Trinajstić information content (AvgIpc) is 2.91. The second-order valence-electron chi connectivity index (χ2n) is 9.34. The highest BCUT2D eigenvalue weighted by atomic mass is 19.1. The number of carboxylic acid groups (broad SMARTS) is 1. The number of aldehydes is 1. The van der Waals surface area contributed by atoms with Gasteiger partial charge in [-0.15, -0.1) is 0 Å². The van der Waals surface area contributed by atoms with Crippen LogP contribution >= 0.6 is 0 Å². The molecule has 2 N–H and O–H groups in total. The Hall–Kier alpha value is -4.32. The third-order valence-electron chi connectivity index (χ3n) is 6.65. The van der Waals surface area contributed by atoms with E-state index in [0.717, 1.165) is 23.2 Å². The normalized spacial score (nSPS) is 17.8. The molecule has 1 fully saturated rings. The van der Waals surface area contributed by atoms with E-state index in [1.165, 1.54) is 30.5 Å². The number of carbonyl (C=O) groups is 3. The van der Waals surface area contributed by atoms with E-state index >= 15 is 0 Å². The van der Waals surface area contributed by atoms with E-state index in [9.17, 15) is 37.1 Å². The molecule has 2 heterocycles. The Labute approximate surface area is 226 Å². The van der Waals surface area contributed by atoms with Crippen molar-refractivity contribution in [1.82, 2.24) is 9.88 Å². The van der Waals surface area contributed by atoms with Crippen LogP contribution in [0.3, 0.4) is 0 Å². The Morgan fingerprint density at radius 2 is 1.75 bits per heavy atom. The second-order valence-corrected chi connectivity index (χ2v) is 9.34. The molecular weight excluding hydrogens is 534 g/mol. The molecule has 0 bridgehead atoms. The summed E-state index contributed by atoms with van der Waals surface area (Å²) in [5, 5.41) is 11.9. The van der Waals surface area contributed by atoms with E-state index in [1.54, 1.807) is 0 Å². The van der Waals surface area contributed by atoms with Crippen LogP contribution in [0.4, 0.5) is 28.0 Å². The summed E-state index contributed by atoms with van der Waals surface area (Å²) in [6, 6.07) is 7.08. The summed E-state index contributed by atoms with van der Waals surface area (Å²) in [5.41, 5.74) is 0.750. The first-order valence-corrected chi connectivity index (χ1v) is 12.3. The summed E-state index contributed by atoms with van der Waals surface area (Å²) in [6.07, 6.45) is 0.726. The maximum atomic E-state index is 14.8. The molecule has 12 heteroatoms. The lowest BCUT2D eigenvalue weighted by atomic mass is 9.88. The van der Waals surface area contributed by atoms with Gasteiger partial charge in [-0.25, -0.2) is 22.4 Å². The molecule has 0 spiro atoms. The van der Waals surface area contributed by atoms with Gasteiger partial charge in [0.25, 0.3) is 0 Å². The molecule has 8 nitrogen and oxygen atoms in total. The third-order valence-corrected chi connectivity index (χ3v) is 6.65. The zero-order valence-electron chi connectivity index (χ0n) is 21.0. The Balaban J connectivity index is 1.50. The minimum Gasteiger partial charge on any atom is -0.465 e. The molecule has 0 saturated carbocycles. The van der Waals surface area contributed by atoms with Crippen molar-refractivity contribution in [2.75, 3.05) is 18.5 Å². The molecule has 1 aliphatic rings. The molecule has 3 unspecified atom stereocenters. The van der Waals surface area contributed by atoms with Crippen LogP contribution in [0.5, 0.6) is 0 Å². The third kappa shape index (κ3) is 7.00. The number of hydrogen-bond acceptors (Lipinski definition) is 5. The molecule has 1 saturated heterocycles. The van der Waals surface area contributed by atoms with Gasteiger partial charge in [0.15, 0.2) is 0 Å². The number of benzene rings is 2. The van der Waals surface area contributed by atoms with Gasteiger partial charge in [0, 0.05) is 24.0 Å². The number of halogens is 4. The maximum Gasteiger partial charge on any atom is 0.408 e. The Kier molecular flexibility index (Phi) is 9.10. The second kappa shape index (κ2) is 12.7. The number of morpholine rings is 1. The van der Waals surface area contributed by atoms with Gasteiger partial charge >= 0.3 is 6.09 Å². The topological polar surface area (TPSA) is 109 Å². The van der Waals surface area contributed by atoms with Gasteiger partial charge in [0.1, 0.15) is 35.6 Å². The van der Waals surface area contributed by atoms with Crippen molar-refractivity contribution in [3.05, 3.63) is 94.8 Å². The van der Waals surface area contributed by atoms with Crippen LogP contribution in [0, 0.1) is 23.3 Å². The van der Waals surface area contributed by atoms with E-state index in [1.807, 2.05) is 0 Å². The van der Waals surface area contributed by atoms with Crippen LogP contribution in [-0.4, -0.2) is 58.6 Å². The van der Waals surface area contributed by atoms with Crippen molar-refractivity contribution in [1.29, 1.82) is 0 Å². The van der Waals surface area contributed by atoms with Crippen molar-refractivity contribution < 1.29 is 41.8 Å². The largest absolute Gasteiger partial charge is 0.465 e. The van der Waals surface area contributed by atoms with Crippen molar-refractivity contribution in [2.45, 2.75) is 37.3 Å². The summed E-state index contributed by atoms with van der Waals surface area (Å²) >= 11 is 0. The van der Waals surface area contributed by atoms with Crippen LogP contribution < -0.4 is 5.32 Å². The summed E-state index contributed by atoms with van der Waals surface area (Å²) in [6.45, 7) is -0.217. The molecule has 40 heavy (non-hydrogen) atoms. The lowest BCUT2D eigenvalue weighted by Gasteiger charge is -2.35. The zero-order chi connectivity index (χ0) is 28.8. The summed E-state index contributed by atoms with van der Waals surface area (Å²) in [7, 11) is 0. The molecule has 2 amide bonds. The molecule has 3 atom stereocenters. The number of carbonyl (C=O) groups excluding carboxylic acids is 2. The van der Waals surface area contributed by atoms with E-state index < -0.39 is 53.3 Å². The lowest BCUT2D eigenvalue weighted by molar-refractivity contribution is -0.121. The van der Waals surface area contributed by atoms with Crippen LogP contribution in [0.2, 0.25) is 0 Å². The molecule has 1 aliphatic heterocycles. The number of anilines is 1. The molecule has 3 aromatic rings. The Bertz CT molecular complexity index is 1370. The molecular formula is C28H25F4N3O5. The first-order valence-electron chi connectivity index (χ1n) is 12.3. The van der Waals surface area contributed by atoms with E-state index in [2.05, 4.69) is 10.3 Å². The smallest absolute Gasteiger partial charge is 0.408 e. The number of hydrogen-bond donors (Lipinski definition) is 2. The first kappa shape index (κ1) is 28.7. The first-order chi connectivity index (χ1) is 19.1. The van der Waals surface area contributed by atoms with Gasteiger partial charge in [0.05, 0.1) is 37.3 Å². The highest BCUT2D eigenvalue weighted by Crippen LogP contribution is 2.31. The number of amides is 2. The van der Waals surface area contributed by atoms with Crippen molar-refractivity contribution >= 4 is 24.0 Å². The lowest BCUT2D eigenvalue weighted by Crippen LogP contribution is -2.52. The van der Waals surface area contributed by atoms with Gasteiger partial charge in [-0.3, -0.25) is 14.7 Å². The van der Waals surface area contributed by atoms with Gasteiger partial charge in [-0.1, -0.05) is 12.1 Å². The fourth-order valence-electron chi connectivity index (χ4n) is 4.65. The SMILES string of the molecule is O=CC1COC(CCc2c(F)cncc2NC(=O)CC(c2ccc(F)cc2)c2cc(F)cc(F)c2)CN1C(=O)O.